The number of hydrogen-bond acceptors (Lipinski definition) is 2. The van der Waals surface area contributed by atoms with Crippen LogP contribution in [-0.2, 0) is 6.54 Å². The molecule has 2 aromatic rings. The topological polar surface area (TPSA) is 34.9 Å². The highest BCUT2D eigenvalue weighted by molar-refractivity contribution is 6.29. The monoisotopic (exact) mass is 262 g/mol. The van der Waals surface area contributed by atoms with Gasteiger partial charge >= 0.3 is 0 Å². The van der Waals surface area contributed by atoms with E-state index in [0.717, 1.165) is 5.56 Å². The van der Waals surface area contributed by atoms with Crippen LogP contribution in [0.1, 0.15) is 30.9 Å². The third-order valence-corrected chi connectivity index (χ3v) is 3.05. The minimum Gasteiger partial charge on any atom is -0.295 e. The summed E-state index contributed by atoms with van der Waals surface area (Å²) in [5.41, 5.74) is 2.23. The normalized spacial score (nSPS) is 10.9. The molecule has 0 unspecified atom stereocenters. The summed E-state index contributed by atoms with van der Waals surface area (Å²) in [6.07, 6.45) is 1.47. The number of hydrogen-bond donors (Lipinski definition) is 0. The van der Waals surface area contributed by atoms with E-state index in [1.165, 1.54) is 22.5 Å². The van der Waals surface area contributed by atoms with E-state index in [4.69, 9.17) is 11.6 Å². The van der Waals surface area contributed by atoms with Gasteiger partial charge in [-0.15, -0.1) is 0 Å². The summed E-state index contributed by atoms with van der Waals surface area (Å²) in [5.74, 6) is 0.513. The summed E-state index contributed by atoms with van der Waals surface area (Å²) in [4.78, 5) is 15.6. The molecule has 0 N–H and O–H groups in total. The predicted molar refractivity (Wildman–Crippen MR) is 73.1 cm³/mol. The van der Waals surface area contributed by atoms with Gasteiger partial charge in [-0.25, -0.2) is 4.98 Å². The molecule has 0 bridgehead atoms. The quantitative estimate of drug-likeness (QED) is 0.797. The van der Waals surface area contributed by atoms with Crippen molar-refractivity contribution in [2.75, 3.05) is 0 Å². The number of nitrogens with zero attached hydrogens (tertiary/aromatic N) is 2. The first-order valence-corrected chi connectivity index (χ1v) is 6.25. The van der Waals surface area contributed by atoms with Crippen molar-refractivity contribution in [2.45, 2.75) is 26.3 Å². The van der Waals surface area contributed by atoms with Crippen molar-refractivity contribution in [3.05, 3.63) is 63.3 Å². The first-order chi connectivity index (χ1) is 8.56. The highest BCUT2D eigenvalue weighted by Gasteiger charge is 2.02. The van der Waals surface area contributed by atoms with E-state index in [0.29, 0.717) is 12.5 Å². The molecule has 1 heterocycles. The average molecular weight is 263 g/mol. The Labute approximate surface area is 111 Å². The van der Waals surface area contributed by atoms with Crippen LogP contribution in [0.25, 0.3) is 0 Å². The van der Waals surface area contributed by atoms with Gasteiger partial charge in [0.1, 0.15) is 5.15 Å². The lowest BCUT2D eigenvalue weighted by atomic mass is 10.0. The van der Waals surface area contributed by atoms with Crippen molar-refractivity contribution in [1.29, 1.82) is 0 Å². The van der Waals surface area contributed by atoms with Gasteiger partial charge in [-0.3, -0.25) is 9.36 Å². The molecule has 0 aliphatic heterocycles. The van der Waals surface area contributed by atoms with Gasteiger partial charge in [0.05, 0.1) is 12.9 Å². The molecule has 0 saturated heterocycles. The van der Waals surface area contributed by atoms with Gasteiger partial charge < -0.3 is 0 Å². The van der Waals surface area contributed by atoms with Crippen molar-refractivity contribution in [2.24, 2.45) is 0 Å². The summed E-state index contributed by atoms with van der Waals surface area (Å²) in [7, 11) is 0. The SMILES string of the molecule is CC(C)c1ccc(Cn2cnc(Cl)cc2=O)cc1. The molecule has 2 rings (SSSR count). The van der Waals surface area contributed by atoms with Gasteiger partial charge in [0.2, 0.25) is 0 Å². The van der Waals surface area contributed by atoms with Gasteiger partial charge in [0.15, 0.2) is 0 Å². The van der Waals surface area contributed by atoms with E-state index in [1.807, 2.05) is 12.1 Å². The molecule has 0 fully saturated rings. The smallest absolute Gasteiger partial charge is 0.255 e. The first-order valence-electron chi connectivity index (χ1n) is 5.87. The van der Waals surface area contributed by atoms with Crippen LogP contribution in [-0.4, -0.2) is 9.55 Å². The molecule has 0 atom stereocenters. The zero-order valence-corrected chi connectivity index (χ0v) is 11.2. The van der Waals surface area contributed by atoms with Crippen molar-refractivity contribution in [1.82, 2.24) is 9.55 Å². The number of aromatic nitrogens is 2. The molecule has 0 aliphatic carbocycles. The summed E-state index contributed by atoms with van der Waals surface area (Å²) < 4.78 is 1.54. The maximum absolute atomic E-state index is 11.7. The third kappa shape index (κ3) is 2.99. The molecule has 0 amide bonds. The largest absolute Gasteiger partial charge is 0.295 e. The Bertz CT molecular complexity index is 587. The van der Waals surface area contributed by atoms with Gasteiger partial charge in [0.25, 0.3) is 5.56 Å². The second kappa shape index (κ2) is 5.36. The minimum absolute atomic E-state index is 0.136. The molecule has 94 valence electrons. The highest BCUT2D eigenvalue weighted by Crippen LogP contribution is 2.14. The van der Waals surface area contributed by atoms with E-state index in [9.17, 15) is 4.79 Å². The van der Waals surface area contributed by atoms with Crippen molar-refractivity contribution < 1.29 is 0 Å². The van der Waals surface area contributed by atoms with E-state index in [-0.39, 0.29) is 10.7 Å². The molecule has 4 heteroatoms. The maximum atomic E-state index is 11.7. The fourth-order valence-electron chi connectivity index (χ4n) is 1.73. The average Bonchev–Trinajstić information content (AvgIpc) is 2.33. The fourth-order valence-corrected chi connectivity index (χ4v) is 1.86. The molecular weight excluding hydrogens is 248 g/mol. The Kier molecular flexibility index (Phi) is 3.82. The van der Waals surface area contributed by atoms with Gasteiger partial charge in [-0.1, -0.05) is 49.7 Å². The molecule has 18 heavy (non-hydrogen) atoms. The lowest BCUT2D eigenvalue weighted by Gasteiger charge is -2.08. The summed E-state index contributed by atoms with van der Waals surface area (Å²) >= 11 is 5.65. The molecule has 0 aliphatic rings. The van der Waals surface area contributed by atoms with Crippen LogP contribution in [0, 0.1) is 0 Å². The number of benzene rings is 1. The Hall–Kier alpha value is -1.61. The number of halogens is 1. The fraction of sp³-hybridized carbons (Fsp3) is 0.286. The molecular formula is C14H15ClN2O. The first kappa shape index (κ1) is 12.8. The van der Waals surface area contributed by atoms with Crippen LogP contribution in [0.15, 0.2) is 41.5 Å². The molecule has 1 aromatic carbocycles. The molecule has 0 saturated carbocycles. The lowest BCUT2D eigenvalue weighted by Crippen LogP contribution is -2.19. The standard InChI is InChI=1S/C14H15ClN2O/c1-10(2)12-5-3-11(4-6-12)8-17-9-16-13(15)7-14(17)18/h3-7,9-10H,8H2,1-2H3. The molecule has 0 radical (unpaired) electrons. The van der Waals surface area contributed by atoms with E-state index >= 15 is 0 Å². The zero-order valence-electron chi connectivity index (χ0n) is 10.4. The van der Waals surface area contributed by atoms with Crippen LogP contribution < -0.4 is 5.56 Å². The zero-order chi connectivity index (χ0) is 13.1. The second-order valence-electron chi connectivity index (χ2n) is 4.57. The Morgan fingerprint density at radius 3 is 2.50 bits per heavy atom. The summed E-state index contributed by atoms with van der Waals surface area (Å²) in [5, 5.41) is 0.228. The minimum atomic E-state index is -0.136. The predicted octanol–water partition coefficient (Wildman–Crippen LogP) is 3.07. The summed E-state index contributed by atoms with van der Waals surface area (Å²) in [6, 6.07) is 9.58. The van der Waals surface area contributed by atoms with Gasteiger partial charge in [0, 0.05) is 6.07 Å². The van der Waals surface area contributed by atoms with E-state index in [1.54, 1.807) is 0 Å². The maximum Gasteiger partial charge on any atom is 0.255 e. The van der Waals surface area contributed by atoms with Crippen LogP contribution in [0.2, 0.25) is 5.15 Å². The molecule has 3 nitrogen and oxygen atoms in total. The van der Waals surface area contributed by atoms with Crippen LogP contribution >= 0.6 is 11.6 Å². The van der Waals surface area contributed by atoms with Crippen molar-refractivity contribution >= 4 is 11.6 Å². The summed E-state index contributed by atoms with van der Waals surface area (Å²) in [6.45, 7) is 4.83. The van der Waals surface area contributed by atoms with Crippen LogP contribution in [0.5, 0.6) is 0 Å². The Morgan fingerprint density at radius 1 is 1.28 bits per heavy atom. The number of rotatable bonds is 3. The van der Waals surface area contributed by atoms with Crippen molar-refractivity contribution in [3.63, 3.8) is 0 Å². The highest BCUT2D eigenvalue weighted by atomic mass is 35.5. The van der Waals surface area contributed by atoms with Gasteiger partial charge in [-0.05, 0) is 17.0 Å². The third-order valence-electron chi connectivity index (χ3n) is 2.85. The second-order valence-corrected chi connectivity index (χ2v) is 4.96. The van der Waals surface area contributed by atoms with Crippen molar-refractivity contribution in [3.8, 4) is 0 Å². The van der Waals surface area contributed by atoms with Gasteiger partial charge in [-0.2, -0.15) is 0 Å². The van der Waals surface area contributed by atoms with E-state index < -0.39 is 0 Å². The molecule has 0 spiro atoms. The van der Waals surface area contributed by atoms with Crippen LogP contribution in [0.3, 0.4) is 0 Å². The molecule has 1 aromatic heterocycles. The Morgan fingerprint density at radius 2 is 1.94 bits per heavy atom. The lowest BCUT2D eigenvalue weighted by molar-refractivity contribution is 0.735. The van der Waals surface area contributed by atoms with Crippen LogP contribution in [0.4, 0.5) is 0 Å². The van der Waals surface area contributed by atoms with E-state index in [2.05, 4.69) is 31.0 Å². The Balaban J connectivity index is 2.21.